The van der Waals surface area contributed by atoms with Crippen molar-refractivity contribution in [2.45, 2.75) is 58.5 Å². The van der Waals surface area contributed by atoms with Gasteiger partial charge in [-0.2, -0.15) is 0 Å². The van der Waals surface area contributed by atoms with E-state index in [1.807, 2.05) is 37.3 Å². The van der Waals surface area contributed by atoms with E-state index in [2.05, 4.69) is 5.32 Å². The summed E-state index contributed by atoms with van der Waals surface area (Å²) in [5.74, 6) is -0.597. The Hall–Kier alpha value is -2.78. The van der Waals surface area contributed by atoms with Crippen LogP contribution in [0, 0.1) is 6.92 Å². The number of hydrogen-bond donors (Lipinski definition) is 1. The second-order valence-corrected chi connectivity index (χ2v) is 13.5. The van der Waals surface area contributed by atoms with E-state index in [0.717, 1.165) is 24.7 Å². The highest BCUT2D eigenvalue weighted by atomic mass is 35.5. The Kier molecular flexibility index (Phi) is 13.2. The minimum atomic E-state index is -3.67. The van der Waals surface area contributed by atoms with Gasteiger partial charge in [-0.25, -0.2) is 8.42 Å². The normalized spacial score (nSPS) is 12.0. The number of nitrogens with one attached hydrogen (secondary N) is 1. The zero-order chi connectivity index (χ0) is 31.6. The zero-order valence-electron chi connectivity index (χ0n) is 24.7. The Balaban J connectivity index is 1.93. The molecule has 3 rings (SSSR count). The molecule has 11 heteroatoms. The van der Waals surface area contributed by atoms with Crippen LogP contribution in [0.5, 0.6) is 0 Å². The highest BCUT2D eigenvalue weighted by Gasteiger charge is 2.31. The smallest absolute Gasteiger partial charge is 0.243 e. The van der Waals surface area contributed by atoms with Crippen molar-refractivity contribution in [1.29, 1.82) is 0 Å². The molecule has 7 nitrogen and oxygen atoms in total. The highest BCUT2D eigenvalue weighted by Crippen LogP contribution is 2.30. The van der Waals surface area contributed by atoms with E-state index in [-0.39, 0.29) is 44.2 Å². The van der Waals surface area contributed by atoms with Gasteiger partial charge in [0.15, 0.2) is 0 Å². The minimum absolute atomic E-state index is 0.0127. The van der Waals surface area contributed by atoms with Crippen molar-refractivity contribution in [1.82, 2.24) is 10.2 Å². The molecule has 0 radical (unpaired) electrons. The van der Waals surface area contributed by atoms with Crippen molar-refractivity contribution in [2.75, 3.05) is 23.7 Å². The predicted molar refractivity (Wildman–Crippen MR) is 176 cm³/mol. The maximum atomic E-state index is 14.0. The molecule has 0 spiro atoms. The summed E-state index contributed by atoms with van der Waals surface area (Å²) in [4.78, 5) is 29.1. The van der Waals surface area contributed by atoms with Crippen LogP contribution in [0.15, 0.2) is 66.7 Å². The van der Waals surface area contributed by atoms with Gasteiger partial charge in [-0.05, 0) is 55.2 Å². The fourth-order valence-electron chi connectivity index (χ4n) is 4.76. The van der Waals surface area contributed by atoms with Gasteiger partial charge in [0.25, 0.3) is 0 Å². The third-order valence-corrected chi connectivity index (χ3v) is 9.45. The van der Waals surface area contributed by atoms with Crippen LogP contribution in [-0.2, 0) is 32.6 Å². The number of hydrogen-bond acceptors (Lipinski definition) is 4. The largest absolute Gasteiger partial charge is 0.354 e. The molecule has 0 fully saturated rings. The maximum absolute atomic E-state index is 14.0. The van der Waals surface area contributed by atoms with E-state index >= 15 is 0 Å². The summed E-state index contributed by atoms with van der Waals surface area (Å²) in [7, 11) is -3.67. The molecule has 0 aliphatic carbocycles. The number of benzene rings is 3. The quantitative estimate of drug-likeness (QED) is 0.176. The number of unbranched alkanes of at least 4 members (excludes halogenated alkanes) is 1. The molecule has 0 saturated carbocycles. The van der Waals surface area contributed by atoms with Gasteiger partial charge in [-0.3, -0.25) is 13.9 Å². The fourth-order valence-corrected chi connectivity index (χ4v) is 6.46. The topological polar surface area (TPSA) is 86.8 Å². The van der Waals surface area contributed by atoms with Crippen LogP contribution in [0.25, 0.3) is 0 Å². The van der Waals surface area contributed by atoms with Crippen molar-refractivity contribution < 1.29 is 18.0 Å². The lowest BCUT2D eigenvalue weighted by molar-refractivity contribution is -0.141. The highest BCUT2D eigenvalue weighted by molar-refractivity contribution is 7.92. The van der Waals surface area contributed by atoms with Gasteiger partial charge in [0.2, 0.25) is 21.8 Å². The van der Waals surface area contributed by atoms with Crippen LogP contribution in [0.1, 0.15) is 49.3 Å². The van der Waals surface area contributed by atoms with E-state index in [1.165, 1.54) is 9.21 Å². The van der Waals surface area contributed by atoms with E-state index < -0.39 is 16.1 Å². The standard InChI is InChI=1S/C32H38Cl3N3O4S/c1-4-5-19-36-32(40)30(21-24-12-7-6-8-13-24)37(22-25-27(34)15-9-16-28(25)35)31(39)18-11-20-38(43(3,41)42)29-17-10-14-26(33)23(29)2/h6-10,12-17,30H,4-5,11,18-22H2,1-3H3,(H,36,40). The second-order valence-electron chi connectivity index (χ2n) is 10.4. The van der Waals surface area contributed by atoms with Crippen LogP contribution in [0.4, 0.5) is 5.69 Å². The average molecular weight is 667 g/mol. The third-order valence-electron chi connectivity index (χ3n) is 7.15. The van der Waals surface area contributed by atoms with Crippen LogP contribution >= 0.6 is 34.8 Å². The van der Waals surface area contributed by atoms with Crippen LogP contribution in [-0.4, -0.2) is 50.5 Å². The summed E-state index contributed by atoms with van der Waals surface area (Å²) in [6.45, 7) is 4.34. The predicted octanol–water partition coefficient (Wildman–Crippen LogP) is 7.06. The number of nitrogens with zero attached hydrogens (tertiary/aromatic N) is 2. The molecule has 3 aromatic rings. The molecular weight excluding hydrogens is 629 g/mol. The molecule has 0 bridgehead atoms. The summed E-state index contributed by atoms with van der Waals surface area (Å²) < 4.78 is 26.8. The van der Waals surface area contributed by atoms with Crippen molar-refractivity contribution in [3.05, 3.63) is 98.5 Å². The van der Waals surface area contributed by atoms with Gasteiger partial charge >= 0.3 is 0 Å². The molecule has 0 aromatic heterocycles. The van der Waals surface area contributed by atoms with Gasteiger partial charge in [0, 0.05) is 53.1 Å². The molecule has 0 aliphatic rings. The van der Waals surface area contributed by atoms with Crippen LogP contribution < -0.4 is 9.62 Å². The number of sulfonamides is 1. The lowest BCUT2D eigenvalue weighted by Crippen LogP contribution is -2.50. The average Bonchev–Trinajstić information content (AvgIpc) is 2.96. The summed E-state index contributed by atoms with van der Waals surface area (Å²) in [6.07, 6.45) is 3.31. The first-order chi connectivity index (χ1) is 20.4. The summed E-state index contributed by atoms with van der Waals surface area (Å²) in [6, 6.07) is 18.8. The third kappa shape index (κ3) is 9.86. The first-order valence-electron chi connectivity index (χ1n) is 14.2. The molecule has 1 N–H and O–H groups in total. The molecule has 0 heterocycles. The van der Waals surface area contributed by atoms with Crippen molar-refractivity contribution in [2.24, 2.45) is 0 Å². The lowest BCUT2D eigenvalue weighted by Gasteiger charge is -2.32. The number of amides is 2. The number of halogens is 3. The maximum Gasteiger partial charge on any atom is 0.243 e. The molecule has 1 unspecified atom stereocenters. The van der Waals surface area contributed by atoms with Gasteiger partial charge in [0.1, 0.15) is 6.04 Å². The monoisotopic (exact) mass is 665 g/mol. The van der Waals surface area contributed by atoms with Gasteiger partial charge in [-0.1, -0.05) is 90.6 Å². The van der Waals surface area contributed by atoms with Crippen molar-refractivity contribution in [3.8, 4) is 0 Å². The molecule has 43 heavy (non-hydrogen) atoms. The first-order valence-corrected chi connectivity index (χ1v) is 17.2. The first kappa shape index (κ1) is 34.7. The van der Waals surface area contributed by atoms with Crippen molar-refractivity contribution in [3.63, 3.8) is 0 Å². The zero-order valence-corrected chi connectivity index (χ0v) is 27.7. The Morgan fingerprint density at radius 2 is 1.51 bits per heavy atom. The molecular formula is C32H38Cl3N3O4S. The molecule has 3 aromatic carbocycles. The summed E-state index contributed by atoms with van der Waals surface area (Å²) in [5, 5.41) is 4.20. The SMILES string of the molecule is CCCCNC(=O)C(Cc1ccccc1)N(Cc1c(Cl)cccc1Cl)C(=O)CCCN(c1cccc(Cl)c1C)S(C)(=O)=O. The van der Waals surface area contributed by atoms with Crippen LogP contribution in [0.2, 0.25) is 15.1 Å². The van der Waals surface area contributed by atoms with E-state index in [0.29, 0.717) is 38.4 Å². The van der Waals surface area contributed by atoms with Gasteiger partial charge in [-0.15, -0.1) is 0 Å². The summed E-state index contributed by atoms with van der Waals surface area (Å²) >= 11 is 19.3. The summed E-state index contributed by atoms with van der Waals surface area (Å²) in [5.41, 5.74) is 2.51. The van der Waals surface area contributed by atoms with E-state index in [1.54, 1.807) is 43.3 Å². The number of carbonyl (C=O) groups excluding carboxylic acids is 2. The van der Waals surface area contributed by atoms with E-state index in [9.17, 15) is 18.0 Å². The fraction of sp³-hybridized carbons (Fsp3) is 0.375. The molecule has 1 atom stereocenters. The number of rotatable bonds is 15. The molecule has 0 saturated heterocycles. The molecule has 232 valence electrons. The Morgan fingerprint density at radius 3 is 2.14 bits per heavy atom. The molecule has 0 aliphatic heterocycles. The number of carbonyl (C=O) groups is 2. The van der Waals surface area contributed by atoms with Crippen LogP contribution in [0.3, 0.4) is 0 Å². The lowest BCUT2D eigenvalue weighted by atomic mass is 10.0. The molecule has 2 amide bonds. The second kappa shape index (κ2) is 16.3. The Labute approximate surface area is 270 Å². The van der Waals surface area contributed by atoms with Gasteiger partial charge in [0.05, 0.1) is 11.9 Å². The number of anilines is 1. The minimum Gasteiger partial charge on any atom is -0.354 e. The Morgan fingerprint density at radius 1 is 0.884 bits per heavy atom. The van der Waals surface area contributed by atoms with Gasteiger partial charge < -0.3 is 10.2 Å². The van der Waals surface area contributed by atoms with E-state index in [4.69, 9.17) is 34.8 Å². The van der Waals surface area contributed by atoms with Crippen molar-refractivity contribution >= 4 is 62.3 Å². The Bertz CT molecular complexity index is 1480.